The molecule has 39 heavy (non-hydrogen) atoms. The second-order valence-corrected chi connectivity index (χ2v) is 10.7. The largest absolute Gasteiger partial charge is 0.481 e. The van der Waals surface area contributed by atoms with Gasteiger partial charge >= 0.3 is 12.1 Å². The predicted molar refractivity (Wildman–Crippen MR) is 143 cm³/mol. The highest BCUT2D eigenvalue weighted by Crippen LogP contribution is 2.48. The summed E-state index contributed by atoms with van der Waals surface area (Å²) < 4.78 is 44.8. The van der Waals surface area contributed by atoms with Gasteiger partial charge in [0, 0.05) is 11.1 Å². The maximum absolute atomic E-state index is 13.0. The smallest absolute Gasteiger partial charge is 0.416 e. The van der Waals surface area contributed by atoms with Gasteiger partial charge in [-0.2, -0.15) is 13.2 Å². The molecule has 1 atom stereocenters. The van der Waals surface area contributed by atoms with E-state index in [9.17, 15) is 23.1 Å². The molecule has 1 N–H and O–H groups in total. The van der Waals surface area contributed by atoms with Crippen molar-refractivity contribution in [1.82, 2.24) is 5.16 Å². The number of aryl methyl sites for hydroxylation is 2. The van der Waals surface area contributed by atoms with Crippen LogP contribution in [0.2, 0.25) is 0 Å². The third-order valence-electron chi connectivity index (χ3n) is 7.79. The molecule has 1 fully saturated rings. The lowest BCUT2D eigenvalue weighted by Crippen LogP contribution is -2.19. The van der Waals surface area contributed by atoms with E-state index in [1.807, 2.05) is 55.5 Å². The maximum Gasteiger partial charge on any atom is 0.416 e. The molecular weight excluding hydrogens is 503 g/mol. The normalized spacial score (nSPS) is 15.2. The molecule has 1 heterocycles. The number of aromatic nitrogens is 1. The number of carbonyl (C=O) groups is 1. The quantitative estimate of drug-likeness (QED) is 0.235. The fraction of sp³-hybridized carbons (Fsp3) is 0.312. The number of halogens is 3. The molecule has 0 bridgehead atoms. The van der Waals surface area contributed by atoms with Crippen LogP contribution in [0, 0.1) is 12.8 Å². The Bertz CT molecular complexity index is 1470. The Hall–Kier alpha value is -3.87. The molecule has 0 saturated heterocycles. The van der Waals surface area contributed by atoms with Gasteiger partial charge in [-0.1, -0.05) is 78.8 Å². The summed E-state index contributed by atoms with van der Waals surface area (Å²) in [6, 6.07) is 21.3. The molecule has 1 saturated carbocycles. The lowest BCUT2D eigenvalue weighted by molar-refractivity contribution is -0.140. The first-order valence-electron chi connectivity index (χ1n) is 13.1. The van der Waals surface area contributed by atoms with Crippen molar-refractivity contribution in [3.63, 3.8) is 0 Å². The van der Waals surface area contributed by atoms with Crippen molar-refractivity contribution in [3.05, 3.63) is 101 Å². The Morgan fingerprint density at radius 1 is 1.00 bits per heavy atom. The van der Waals surface area contributed by atoms with E-state index < -0.39 is 23.1 Å². The third kappa shape index (κ3) is 5.63. The lowest BCUT2D eigenvalue weighted by Gasteiger charge is -2.13. The zero-order valence-electron chi connectivity index (χ0n) is 21.9. The Morgan fingerprint density at radius 3 is 2.21 bits per heavy atom. The number of carboxylic acid groups (broad SMARTS) is 1. The highest BCUT2D eigenvalue weighted by atomic mass is 19.4. The molecule has 7 heteroatoms. The van der Waals surface area contributed by atoms with Gasteiger partial charge in [0.2, 0.25) is 0 Å². The van der Waals surface area contributed by atoms with Gasteiger partial charge in [0.1, 0.15) is 0 Å². The van der Waals surface area contributed by atoms with Crippen LogP contribution >= 0.6 is 0 Å². The molecule has 0 amide bonds. The molecule has 0 radical (unpaired) electrons. The minimum absolute atomic E-state index is 0.217. The number of nitrogens with zero attached hydrogens (tertiary/aromatic N) is 1. The van der Waals surface area contributed by atoms with Crippen molar-refractivity contribution < 1.29 is 27.6 Å². The maximum atomic E-state index is 13.0. The molecule has 1 aromatic heterocycles. The van der Waals surface area contributed by atoms with E-state index >= 15 is 0 Å². The molecule has 4 nitrogen and oxygen atoms in total. The molecule has 3 aromatic carbocycles. The fourth-order valence-electron chi connectivity index (χ4n) is 5.17. The average molecular weight is 534 g/mol. The van der Waals surface area contributed by atoms with Gasteiger partial charge in [-0.3, -0.25) is 4.79 Å². The second-order valence-electron chi connectivity index (χ2n) is 10.7. The topological polar surface area (TPSA) is 63.3 Å². The summed E-state index contributed by atoms with van der Waals surface area (Å²) in [4.78, 5) is 11.6. The van der Waals surface area contributed by atoms with Crippen molar-refractivity contribution in [1.29, 1.82) is 0 Å². The summed E-state index contributed by atoms with van der Waals surface area (Å²) in [7, 11) is 0. The molecule has 5 rings (SSSR count). The van der Waals surface area contributed by atoms with Crippen LogP contribution in [-0.4, -0.2) is 16.2 Å². The van der Waals surface area contributed by atoms with Gasteiger partial charge in [0.05, 0.1) is 16.7 Å². The molecular formula is C32H30F3NO3. The summed E-state index contributed by atoms with van der Waals surface area (Å²) in [6.45, 7) is 3.99. The molecule has 1 unspecified atom stereocenters. The number of carboxylic acids is 1. The molecule has 0 spiro atoms. The van der Waals surface area contributed by atoms with Gasteiger partial charge in [-0.05, 0) is 73.3 Å². The first-order valence-corrected chi connectivity index (χ1v) is 13.1. The molecule has 0 aliphatic heterocycles. The van der Waals surface area contributed by atoms with Crippen LogP contribution < -0.4 is 0 Å². The van der Waals surface area contributed by atoms with Crippen LogP contribution in [-0.2, 0) is 29.2 Å². The monoisotopic (exact) mass is 533 g/mol. The molecule has 1 aliphatic carbocycles. The summed E-state index contributed by atoms with van der Waals surface area (Å²) in [5.41, 5.74) is 4.93. The number of aliphatic carboxylic acids is 1. The van der Waals surface area contributed by atoms with E-state index in [1.165, 1.54) is 12.1 Å². The fourth-order valence-corrected chi connectivity index (χ4v) is 5.17. The van der Waals surface area contributed by atoms with E-state index in [0.717, 1.165) is 46.0 Å². The van der Waals surface area contributed by atoms with Crippen LogP contribution in [0.4, 0.5) is 13.2 Å². The second kappa shape index (κ2) is 10.4. The van der Waals surface area contributed by atoms with Crippen LogP contribution in [0.5, 0.6) is 0 Å². The van der Waals surface area contributed by atoms with Crippen molar-refractivity contribution in [2.75, 3.05) is 0 Å². The van der Waals surface area contributed by atoms with E-state index in [2.05, 4.69) is 12.1 Å². The van der Waals surface area contributed by atoms with E-state index in [1.54, 1.807) is 6.07 Å². The molecule has 202 valence electrons. The van der Waals surface area contributed by atoms with E-state index in [-0.39, 0.29) is 5.92 Å². The van der Waals surface area contributed by atoms with Crippen molar-refractivity contribution >= 4 is 5.97 Å². The Balaban J connectivity index is 1.26. The minimum Gasteiger partial charge on any atom is -0.481 e. The number of alkyl halides is 3. The Morgan fingerprint density at radius 2 is 1.62 bits per heavy atom. The van der Waals surface area contributed by atoms with E-state index in [4.69, 9.17) is 4.52 Å². The standard InChI is InChI=1S/C32H30F3NO3/c1-20(6-7-22-4-3-5-27(19-22)32(33,34)35)18-28-21(2)36-39-29(28)25-10-8-23(9-11-25)24-12-14-26(15-13-24)31(16-17-31)30(37)38/h3-5,8-15,19-20H,6-7,16-18H2,1-2H3,(H,37,38). The minimum atomic E-state index is -4.34. The van der Waals surface area contributed by atoms with Crippen molar-refractivity contribution in [2.45, 2.75) is 57.5 Å². The van der Waals surface area contributed by atoms with Gasteiger partial charge in [-0.25, -0.2) is 0 Å². The zero-order valence-corrected chi connectivity index (χ0v) is 21.9. The number of hydrogen-bond acceptors (Lipinski definition) is 3. The summed E-state index contributed by atoms with van der Waals surface area (Å²) >= 11 is 0. The zero-order chi connectivity index (χ0) is 27.8. The summed E-state index contributed by atoms with van der Waals surface area (Å²) in [6.07, 6.45) is -0.972. The summed E-state index contributed by atoms with van der Waals surface area (Å²) in [5.74, 6) is 0.162. The average Bonchev–Trinajstić information content (AvgIpc) is 3.67. The predicted octanol–water partition coefficient (Wildman–Crippen LogP) is 8.26. The molecule has 1 aliphatic rings. The van der Waals surface area contributed by atoms with Gasteiger partial charge in [0.15, 0.2) is 5.76 Å². The number of benzene rings is 3. The van der Waals surface area contributed by atoms with Crippen LogP contribution in [0.3, 0.4) is 0 Å². The van der Waals surface area contributed by atoms with Crippen molar-refractivity contribution in [3.8, 4) is 22.5 Å². The van der Waals surface area contributed by atoms with Crippen molar-refractivity contribution in [2.24, 2.45) is 5.92 Å². The first-order chi connectivity index (χ1) is 18.6. The van der Waals surface area contributed by atoms with Gasteiger partial charge in [-0.15, -0.1) is 0 Å². The van der Waals surface area contributed by atoms with E-state index in [0.29, 0.717) is 37.0 Å². The highest BCUT2D eigenvalue weighted by molar-refractivity contribution is 5.85. The third-order valence-corrected chi connectivity index (χ3v) is 7.79. The molecule has 4 aromatic rings. The SMILES string of the molecule is Cc1noc(-c2ccc(-c3ccc(C4(C(=O)O)CC4)cc3)cc2)c1CC(C)CCc1cccc(C(F)(F)F)c1. The number of rotatable bonds is 9. The lowest BCUT2D eigenvalue weighted by atomic mass is 9.91. The Kier molecular flexibility index (Phi) is 7.10. The summed E-state index contributed by atoms with van der Waals surface area (Å²) in [5, 5.41) is 13.7. The van der Waals surface area contributed by atoms with Crippen LogP contribution in [0.15, 0.2) is 77.3 Å². The van der Waals surface area contributed by atoms with Gasteiger partial charge in [0.25, 0.3) is 0 Å². The Labute approximate surface area is 225 Å². The van der Waals surface area contributed by atoms with Crippen LogP contribution in [0.25, 0.3) is 22.5 Å². The van der Waals surface area contributed by atoms with Crippen LogP contribution in [0.1, 0.15) is 54.1 Å². The first kappa shape index (κ1) is 26.7. The number of hydrogen-bond donors (Lipinski definition) is 1. The highest BCUT2D eigenvalue weighted by Gasteiger charge is 2.51. The van der Waals surface area contributed by atoms with Gasteiger partial charge < -0.3 is 9.63 Å².